The van der Waals surface area contributed by atoms with Crippen LogP contribution in [0.25, 0.3) is 87.2 Å². The summed E-state index contributed by atoms with van der Waals surface area (Å²) in [5.41, 5.74) is 18.2. The van der Waals surface area contributed by atoms with Crippen LogP contribution >= 0.6 is 0 Å². The van der Waals surface area contributed by atoms with Crippen LogP contribution in [0.2, 0.25) is 0 Å². The van der Waals surface area contributed by atoms with E-state index in [1.54, 1.807) is 0 Å². The number of hydrogen-bond acceptors (Lipinski definition) is 1. The molecule has 0 heterocycles. The Morgan fingerprint density at radius 3 is 1.33 bits per heavy atom. The van der Waals surface area contributed by atoms with Crippen LogP contribution in [-0.4, -0.2) is 0 Å². The summed E-state index contributed by atoms with van der Waals surface area (Å²) in [6, 6.07) is 97.5. The van der Waals surface area contributed by atoms with Crippen LogP contribution < -0.4 is 4.90 Å². The number of aryl methyl sites for hydroxylation is 2. The Balaban J connectivity index is 0.979. The summed E-state index contributed by atoms with van der Waals surface area (Å²) in [6.45, 7) is 4.42. The van der Waals surface area contributed by atoms with Gasteiger partial charge in [-0.25, -0.2) is 0 Å². The molecule has 0 bridgehead atoms. The summed E-state index contributed by atoms with van der Waals surface area (Å²) in [5.74, 6) is 0. The monoisotopic (exact) mass is 915 g/mol. The maximum Gasteiger partial charge on any atom is 0.0719 e. The fraction of sp³-hybridized carbons (Fsp3) is 0.0423. The molecule has 0 saturated heterocycles. The fourth-order valence-electron chi connectivity index (χ4n) is 12.6. The van der Waals surface area contributed by atoms with Gasteiger partial charge < -0.3 is 4.90 Å². The molecular formula is C71H49N. The predicted molar refractivity (Wildman–Crippen MR) is 306 cm³/mol. The Bertz CT molecular complexity index is 4120. The molecule has 1 aliphatic rings. The van der Waals surface area contributed by atoms with E-state index in [1.165, 1.54) is 121 Å². The lowest BCUT2D eigenvalue weighted by molar-refractivity contribution is 0.770. The highest BCUT2D eigenvalue weighted by Gasteiger charge is 2.47. The third kappa shape index (κ3) is 6.20. The normalized spacial score (nSPS) is 12.7. The molecule has 0 aromatic heterocycles. The Labute approximate surface area is 420 Å². The van der Waals surface area contributed by atoms with Crippen molar-refractivity contribution in [2.75, 3.05) is 4.90 Å². The van der Waals surface area contributed by atoms with E-state index in [4.69, 9.17) is 0 Å². The van der Waals surface area contributed by atoms with Crippen LogP contribution in [0.5, 0.6) is 0 Å². The van der Waals surface area contributed by atoms with Crippen LogP contribution in [0.15, 0.2) is 261 Å². The fourth-order valence-corrected chi connectivity index (χ4v) is 12.6. The van der Waals surface area contributed by atoms with Crippen molar-refractivity contribution in [2.24, 2.45) is 0 Å². The van der Waals surface area contributed by atoms with Crippen molar-refractivity contribution in [3.63, 3.8) is 0 Å². The van der Waals surface area contributed by atoms with E-state index < -0.39 is 5.41 Å². The summed E-state index contributed by atoms with van der Waals surface area (Å²) >= 11 is 0. The maximum absolute atomic E-state index is 2.47. The Kier molecular flexibility index (Phi) is 9.63. The minimum absolute atomic E-state index is 0.544. The summed E-state index contributed by atoms with van der Waals surface area (Å²) in [7, 11) is 0. The second-order valence-electron chi connectivity index (χ2n) is 19.6. The Morgan fingerprint density at radius 1 is 0.306 bits per heavy atom. The van der Waals surface area contributed by atoms with Crippen LogP contribution in [0, 0.1) is 13.8 Å². The van der Waals surface area contributed by atoms with Gasteiger partial charge in [0.2, 0.25) is 0 Å². The van der Waals surface area contributed by atoms with Crippen molar-refractivity contribution in [3.8, 4) is 33.4 Å². The molecule has 0 fully saturated rings. The van der Waals surface area contributed by atoms with Gasteiger partial charge in [-0.1, -0.05) is 231 Å². The molecule has 0 N–H and O–H groups in total. The highest BCUT2D eigenvalue weighted by atomic mass is 15.1. The third-order valence-corrected chi connectivity index (χ3v) is 15.8. The molecule has 1 heteroatoms. The van der Waals surface area contributed by atoms with E-state index in [0.29, 0.717) is 0 Å². The van der Waals surface area contributed by atoms with Gasteiger partial charge in [0.15, 0.2) is 0 Å². The zero-order chi connectivity index (χ0) is 47.9. The minimum Gasteiger partial charge on any atom is -0.309 e. The molecule has 0 aliphatic heterocycles. The van der Waals surface area contributed by atoms with Gasteiger partial charge in [-0.3, -0.25) is 0 Å². The Morgan fingerprint density at radius 2 is 0.750 bits per heavy atom. The molecule has 0 atom stereocenters. The van der Waals surface area contributed by atoms with Crippen molar-refractivity contribution >= 4 is 70.9 Å². The van der Waals surface area contributed by atoms with Crippen molar-refractivity contribution in [1.82, 2.24) is 0 Å². The van der Waals surface area contributed by atoms with E-state index in [0.717, 1.165) is 17.1 Å². The zero-order valence-corrected chi connectivity index (χ0v) is 40.3. The first-order valence-corrected chi connectivity index (χ1v) is 25.2. The van der Waals surface area contributed by atoms with Gasteiger partial charge in [-0.15, -0.1) is 0 Å². The lowest BCUT2D eigenvalue weighted by Crippen LogP contribution is -2.29. The lowest BCUT2D eigenvalue weighted by atomic mass is 9.65. The molecule has 0 unspecified atom stereocenters. The highest BCUT2D eigenvalue weighted by Crippen LogP contribution is 2.60. The number of anilines is 3. The van der Waals surface area contributed by atoms with Crippen molar-refractivity contribution in [2.45, 2.75) is 19.3 Å². The standard InChI is InChI=1S/C71H49N/c1-46-36-42-66(57-27-11-9-24-54(46)57)72(67-43-37-47(2)55-25-10-12-28-58(55)67)53-41-40-48-44-50(39-38-49(48)45-53)68-59-29-13-15-31-61(59)69(62-32-16-14-30-60(62)68)64-34-19-33-63-56-26-17-18-35-65(56)71(70(63)64,51-20-5-3-6-21-51)52-22-7-4-8-23-52/h3-45H,1-2H3. The van der Waals surface area contributed by atoms with E-state index in [9.17, 15) is 0 Å². The molecule has 0 spiro atoms. The quantitative estimate of drug-likeness (QED) is 0.144. The first-order chi connectivity index (χ1) is 35.6. The van der Waals surface area contributed by atoms with Gasteiger partial charge in [0.1, 0.15) is 0 Å². The SMILES string of the molecule is Cc1ccc(N(c2ccc3cc(-c4c5ccccc5c(-c5cccc6c5C(c5ccccc5)(c5ccccc5)c5ccccc5-6)c5ccccc45)ccc3c2)c2ccc(C)c3ccccc23)c2ccccc12. The van der Waals surface area contributed by atoms with Gasteiger partial charge in [-0.05, 0) is 154 Å². The molecule has 1 aliphatic carbocycles. The number of fused-ring (bicyclic) bond motifs is 8. The molecule has 1 nitrogen and oxygen atoms in total. The number of benzene rings is 13. The summed E-state index contributed by atoms with van der Waals surface area (Å²) in [4.78, 5) is 2.47. The smallest absolute Gasteiger partial charge is 0.0719 e. The third-order valence-electron chi connectivity index (χ3n) is 15.8. The average Bonchev–Trinajstić information content (AvgIpc) is 3.75. The Hall–Kier alpha value is -9.04. The molecule has 0 radical (unpaired) electrons. The molecule has 338 valence electrons. The van der Waals surface area contributed by atoms with E-state index in [1.807, 2.05) is 0 Å². The van der Waals surface area contributed by atoms with Gasteiger partial charge in [0.05, 0.1) is 16.8 Å². The summed E-state index contributed by atoms with van der Waals surface area (Å²) in [6.07, 6.45) is 0. The second kappa shape index (κ2) is 16.5. The van der Waals surface area contributed by atoms with Gasteiger partial charge in [0.25, 0.3) is 0 Å². The van der Waals surface area contributed by atoms with Crippen LogP contribution in [0.3, 0.4) is 0 Å². The average molecular weight is 916 g/mol. The van der Waals surface area contributed by atoms with Gasteiger partial charge in [-0.2, -0.15) is 0 Å². The molecule has 14 rings (SSSR count). The summed E-state index contributed by atoms with van der Waals surface area (Å²) in [5, 5.41) is 12.3. The minimum atomic E-state index is -0.544. The largest absolute Gasteiger partial charge is 0.309 e. The first kappa shape index (κ1) is 41.9. The van der Waals surface area contributed by atoms with Gasteiger partial charge >= 0.3 is 0 Å². The van der Waals surface area contributed by atoms with Crippen molar-refractivity contribution in [3.05, 3.63) is 294 Å². The topological polar surface area (TPSA) is 3.24 Å². The predicted octanol–water partition coefficient (Wildman–Crippen LogP) is 19.2. The molecule has 0 amide bonds. The van der Waals surface area contributed by atoms with E-state index >= 15 is 0 Å². The van der Waals surface area contributed by atoms with E-state index in [2.05, 4.69) is 280 Å². The van der Waals surface area contributed by atoms with E-state index in [-0.39, 0.29) is 0 Å². The van der Waals surface area contributed by atoms with Crippen LogP contribution in [0.1, 0.15) is 33.4 Å². The zero-order valence-electron chi connectivity index (χ0n) is 40.3. The molecule has 72 heavy (non-hydrogen) atoms. The second-order valence-corrected chi connectivity index (χ2v) is 19.6. The maximum atomic E-state index is 2.47. The van der Waals surface area contributed by atoms with Crippen LogP contribution in [0.4, 0.5) is 17.1 Å². The van der Waals surface area contributed by atoms with Crippen molar-refractivity contribution < 1.29 is 0 Å². The molecule has 13 aromatic carbocycles. The van der Waals surface area contributed by atoms with Crippen molar-refractivity contribution in [1.29, 1.82) is 0 Å². The number of nitrogens with zero attached hydrogens (tertiary/aromatic N) is 1. The number of hydrogen-bond donors (Lipinski definition) is 0. The lowest BCUT2D eigenvalue weighted by Gasteiger charge is -2.35. The summed E-state index contributed by atoms with van der Waals surface area (Å²) < 4.78 is 0. The first-order valence-electron chi connectivity index (χ1n) is 25.2. The number of rotatable bonds is 7. The van der Waals surface area contributed by atoms with Gasteiger partial charge in [0, 0.05) is 16.5 Å². The molecular weight excluding hydrogens is 867 g/mol. The highest BCUT2D eigenvalue weighted by molar-refractivity contribution is 6.22. The van der Waals surface area contributed by atoms with Crippen LogP contribution in [-0.2, 0) is 5.41 Å². The molecule has 0 saturated carbocycles. The molecule has 13 aromatic rings.